The number of carbonyl (C=O) groups excluding carboxylic acids is 1. The van der Waals surface area contributed by atoms with E-state index in [4.69, 9.17) is 4.74 Å². The molecule has 0 unspecified atom stereocenters. The molecule has 6 nitrogen and oxygen atoms in total. The molecular formula is C20H24N4O2. The molecule has 0 aliphatic carbocycles. The molecule has 136 valence electrons. The summed E-state index contributed by atoms with van der Waals surface area (Å²) in [5.41, 5.74) is 3.34. The molecule has 1 amide bonds. The van der Waals surface area contributed by atoms with Gasteiger partial charge in [-0.15, -0.1) is 0 Å². The van der Waals surface area contributed by atoms with Gasteiger partial charge in [0.1, 0.15) is 6.33 Å². The zero-order chi connectivity index (χ0) is 18.1. The van der Waals surface area contributed by atoms with Crippen LogP contribution in [0.2, 0.25) is 0 Å². The fraction of sp³-hybridized carbons (Fsp3) is 0.450. The van der Waals surface area contributed by atoms with Crippen LogP contribution >= 0.6 is 0 Å². The summed E-state index contributed by atoms with van der Waals surface area (Å²) in [5.74, 6) is 0.765. The third-order valence-corrected chi connectivity index (χ3v) is 5.27. The van der Waals surface area contributed by atoms with E-state index in [0.717, 1.165) is 42.5 Å². The second-order valence-corrected chi connectivity index (χ2v) is 7.13. The number of ether oxygens (including phenoxy) is 1. The highest BCUT2D eigenvalue weighted by molar-refractivity contribution is 5.84. The first-order chi connectivity index (χ1) is 12.6. The second kappa shape index (κ2) is 6.94. The van der Waals surface area contributed by atoms with E-state index in [1.165, 1.54) is 12.1 Å². The summed E-state index contributed by atoms with van der Waals surface area (Å²) >= 11 is 0. The van der Waals surface area contributed by atoms with E-state index in [-0.39, 0.29) is 6.09 Å². The maximum absolute atomic E-state index is 12.0. The molecular weight excluding hydrogens is 328 g/mol. The molecule has 2 aromatic rings. The predicted octanol–water partition coefficient (Wildman–Crippen LogP) is 3.69. The number of fused-ring (bicyclic) bond motifs is 1. The highest BCUT2D eigenvalue weighted by Crippen LogP contribution is 2.33. The highest BCUT2D eigenvalue weighted by Gasteiger charge is 2.27. The maximum atomic E-state index is 12.0. The molecule has 6 heteroatoms. The van der Waals surface area contributed by atoms with E-state index in [0.29, 0.717) is 24.8 Å². The van der Waals surface area contributed by atoms with Gasteiger partial charge in [-0.3, -0.25) is 0 Å². The average molecular weight is 352 g/mol. The van der Waals surface area contributed by atoms with Crippen molar-refractivity contribution in [2.45, 2.75) is 32.1 Å². The Labute approximate surface area is 153 Å². The minimum absolute atomic E-state index is 0.303. The predicted molar refractivity (Wildman–Crippen MR) is 101 cm³/mol. The zero-order valence-electron chi connectivity index (χ0n) is 15.1. The molecule has 3 heterocycles. The Kier molecular flexibility index (Phi) is 4.49. The van der Waals surface area contributed by atoms with Gasteiger partial charge in [0.25, 0.3) is 0 Å². The smallest absolute Gasteiger partial charge is 0.414 e. The summed E-state index contributed by atoms with van der Waals surface area (Å²) in [6, 6.07) is 6.49. The van der Waals surface area contributed by atoms with E-state index < -0.39 is 0 Å². The molecule has 0 radical (unpaired) electrons. The first-order valence-corrected chi connectivity index (χ1v) is 9.23. The molecule has 0 saturated carbocycles. The van der Waals surface area contributed by atoms with Crippen molar-refractivity contribution in [2.75, 3.05) is 31.1 Å². The number of carbonyl (C=O) groups is 1. The molecule has 1 aromatic heterocycles. The van der Waals surface area contributed by atoms with E-state index in [2.05, 4.69) is 39.6 Å². The number of nitrogens with zero attached hydrogens (tertiary/aromatic N) is 4. The maximum Gasteiger partial charge on any atom is 0.414 e. The Hall–Kier alpha value is -2.63. The van der Waals surface area contributed by atoms with Crippen molar-refractivity contribution in [2.24, 2.45) is 0 Å². The van der Waals surface area contributed by atoms with Crippen molar-refractivity contribution in [3.63, 3.8) is 0 Å². The molecule has 2 fully saturated rings. The number of likely N-dealkylation sites (tertiary alicyclic amines) is 1. The standard InChI is InChI=1S/C20H24N4O2/c1-14(2)26-20(25)24-10-6-15(7-11-24)19-17-5-4-16(23-8-3-9-23)12-18(17)21-13-22-19/h4-5,12-13,15H,1,3,6-11H2,2H3. The van der Waals surface area contributed by atoms with Gasteiger partial charge in [-0.25, -0.2) is 14.8 Å². The van der Waals surface area contributed by atoms with Crippen LogP contribution < -0.4 is 4.90 Å². The summed E-state index contributed by atoms with van der Waals surface area (Å²) in [7, 11) is 0. The molecule has 1 aromatic carbocycles. The number of amides is 1. The van der Waals surface area contributed by atoms with Gasteiger partial charge in [-0.2, -0.15) is 0 Å². The van der Waals surface area contributed by atoms with Crippen LogP contribution in [-0.4, -0.2) is 47.1 Å². The Morgan fingerprint density at radius 2 is 1.96 bits per heavy atom. The highest BCUT2D eigenvalue weighted by atomic mass is 16.6. The number of allylic oxidation sites excluding steroid dienone is 1. The van der Waals surface area contributed by atoms with E-state index in [1.54, 1.807) is 18.2 Å². The molecule has 2 aliphatic heterocycles. The third kappa shape index (κ3) is 3.23. The molecule has 2 saturated heterocycles. The Bertz CT molecular complexity index is 839. The summed E-state index contributed by atoms with van der Waals surface area (Å²) in [6.45, 7) is 8.92. The van der Waals surface area contributed by atoms with Gasteiger partial charge in [0.2, 0.25) is 0 Å². The van der Waals surface area contributed by atoms with Crippen molar-refractivity contribution in [1.29, 1.82) is 0 Å². The van der Waals surface area contributed by atoms with E-state index >= 15 is 0 Å². The minimum atomic E-state index is -0.303. The Morgan fingerprint density at radius 1 is 1.19 bits per heavy atom. The van der Waals surface area contributed by atoms with Crippen molar-refractivity contribution >= 4 is 22.7 Å². The van der Waals surface area contributed by atoms with E-state index in [1.807, 2.05) is 0 Å². The molecule has 2 aliphatic rings. The Morgan fingerprint density at radius 3 is 2.62 bits per heavy atom. The van der Waals surface area contributed by atoms with Gasteiger partial charge in [-0.1, -0.05) is 6.58 Å². The largest absolute Gasteiger partial charge is 0.416 e. The quantitative estimate of drug-likeness (QED) is 0.789. The van der Waals surface area contributed by atoms with E-state index in [9.17, 15) is 4.79 Å². The Balaban J connectivity index is 1.50. The molecule has 0 N–H and O–H groups in total. The molecule has 0 bridgehead atoms. The van der Waals surface area contributed by atoms with Gasteiger partial charge in [0.15, 0.2) is 0 Å². The first kappa shape index (κ1) is 16.8. The molecule has 4 rings (SSSR count). The second-order valence-electron chi connectivity index (χ2n) is 7.13. The lowest BCUT2D eigenvalue weighted by molar-refractivity contribution is 0.117. The monoisotopic (exact) mass is 352 g/mol. The molecule has 0 spiro atoms. The normalized spacial score (nSPS) is 17.9. The summed E-state index contributed by atoms with van der Waals surface area (Å²) in [5, 5.41) is 1.12. The molecule has 26 heavy (non-hydrogen) atoms. The number of aromatic nitrogens is 2. The lowest BCUT2D eigenvalue weighted by Crippen LogP contribution is -2.38. The number of benzene rings is 1. The van der Waals surface area contributed by atoms with Crippen molar-refractivity contribution in [1.82, 2.24) is 14.9 Å². The number of hydrogen-bond acceptors (Lipinski definition) is 5. The van der Waals surface area contributed by atoms with Crippen LogP contribution in [0.3, 0.4) is 0 Å². The van der Waals surface area contributed by atoms with Gasteiger partial charge >= 0.3 is 6.09 Å². The summed E-state index contributed by atoms with van der Waals surface area (Å²) < 4.78 is 5.11. The third-order valence-electron chi connectivity index (χ3n) is 5.27. The van der Waals surface area contributed by atoms with Crippen LogP contribution in [0.25, 0.3) is 10.9 Å². The van der Waals surface area contributed by atoms with Crippen LogP contribution in [0.15, 0.2) is 36.9 Å². The fourth-order valence-corrected chi connectivity index (χ4v) is 3.71. The number of hydrogen-bond donors (Lipinski definition) is 0. The summed E-state index contributed by atoms with van der Waals surface area (Å²) in [6.07, 6.45) is 4.39. The lowest BCUT2D eigenvalue weighted by atomic mass is 9.91. The van der Waals surface area contributed by atoms with Gasteiger partial charge in [0, 0.05) is 43.2 Å². The van der Waals surface area contributed by atoms with Crippen molar-refractivity contribution < 1.29 is 9.53 Å². The number of piperidine rings is 1. The van der Waals surface area contributed by atoms with Gasteiger partial charge in [-0.05, 0) is 44.4 Å². The van der Waals surface area contributed by atoms with Crippen LogP contribution in [0.1, 0.15) is 37.8 Å². The van der Waals surface area contributed by atoms with Crippen LogP contribution in [0, 0.1) is 0 Å². The van der Waals surface area contributed by atoms with Crippen molar-refractivity contribution in [3.8, 4) is 0 Å². The van der Waals surface area contributed by atoms with Crippen molar-refractivity contribution in [3.05, 3.63) is 42.6 Å². The van der Waals surface area contributed by atoms with Gasteiger partial charge < -0.3 is 14.5 Å². The zero-order valence-corrected chi connectivity index (χ0v) is 15.1. The van der Waals surface area contributed by atoms with Crippen LogP contribution in [0.4, 0.5) is 10.5 Å². The van der Waals surface area contributed by atoms with Crippen LogP contribution in [-0.2, 0) is 4.74 Å². The average Bonchev–Trinajstić information content (AvgIpc) is 2.59. The first-order valence-electron chi connectivity index (χ1n) is 9.23. The number of rotatable bonds is 3. The summed E-state index contributed by atoms with van der Waals surface area (Å²) in [4.78, 5) is 25.2. The topological polar surface area (TPSA) is 58.6 Å². The SMILES string of the molecule is C=C(C)OC(=O)N1CCC(c2ncnc3cc(N4CCC4)ccc23)CC1. The number of anilines is 1. The minimum Gasteiger partial charge on any atom is -0.416 e. The van der Waals surface area contributed by atoms with Crippen LogP contribution in [0.5, 0.6) is 0 Å². The fourth-order valence-electron chi connectivity index (χ4n) is 3.71. The van der Waals surface area contributed by atoms with Gasteiger partial charge in [0.05, 0.1) is 17.0 Å². The lowest BCUT2D eigenvalue weighted by Gasteiger charge is -2.33. The molecule has 0 atom stereocenters.